The monoisotopic (exact) mass is 340 g/mol. The molecule has 1 fully saturated rings. The van der Waals surface area contributed by atoms with Gasteiger partial charge in [0.05, 0.1) is 18.7 Å². The number of hydrogen-bond acceptors (Lipinski definition) is 3. The van der Waals surface area contributed by atoms with E-state index < -0.39 is 11.7 Å². The highest BCUT2D eigenvalue weighted by molar-refractivity contribution is 5.78. The van der Waals surface area contributed by atoms with Gasteiger partial charge in [-0.1, -0.05) is 17.9 Å². The van der Waals surface area contributed by atoms with Crippen molar-refractivity contribution in [2.45, 2.75) is 12.6 Å². The number of aliphatic hydroxyl groups is 1. The van der Waals surface area contributed by atoms with Gasteiger partial charge in [-0.2, -0.15) is 13.2 Å². The molecule has 1 atom stereocenters. The summed E-state index contributed by atoms with van der Waals surface area (Å²) in [5, 5.41) is 11.7. The third-order valence-electron chi connectivity index (χ3n) is 3.79. The van der Waals surface area contributed by atoms with Crippen molar-refractivity contribution in [3.05, 3.63) is 35.4 Å². The van der Waals surface area contributed by atoms with Crippen LogP contribution in [0.15, 0.2) is 24.3 Å². The molecule has 0 spiro atoms. The van der Waals surface area contributed by atoms with Gasteiger partial charge in [0.15, 0.2) is 0 Å². The second-order valence-electron chi connectivity index (χ2n) is 5.73. The van der Waals surface area contributed by atoms with Crippen LogP contribution in [0.1, 0.15) is 17.5 Å². The van der Waals surface area contributed by atoms with Crippen molar-refractivity contribution in [1.29, 1.82) is 0 Å². The number of benzene rings is 1. The minimum atomic E-state index is -4.39. The number of carbonyl (C=O) groups is 1. The molecule has 4 nitrogen and oxygen atoms in total. The molecule has 7 heteroatoms. The second kappa shape index (κ2) is 8.18. The first kappa shape index (κ1) is 18.3. The van der Waals surface area contributed by atoms with Crippen molar-refractivity contribution >= 4 is 5.91 Å². The molecule has 2 rings (SSSR count). The van der Waals surface area contributed by atoms with Crippen LogP contribution in [0, 0.1) is 17.8 Å². The van der Waals surface area contributed by atoms with E-state index in [9.17, 15) is 18.0 Å². The largest absolute Gasteiger partial charge is 0.416 e. The molecule has 130 valence electrons. The third-order valence-corrected chi connectivity index (χ3v) is 3.79. The molecule has 24 heavy (non-hydrogen) atoms. The number of amides is 1. The van der Waals surface area contributed by atoms with E-state index in [2.05, 4.69) is 17.2 Å². The average Bonchev–Trinajstić information content (AvgIpc) is 2.98. The SMILES string of the molecule is O=C(CN1CCC(CO)C1)NCC#Cc1cccc(C(F)(F)F)c1. The summed E-state index contributed by atoms with van der Waals surface area (Å²) in [5.74, 6) is 5.29. The second-order valence-corrected chi connectivity index (χ2v) is 5.73. The lowest BCUT2D eigenvalue weighted by Gasteiger charge is -2.14. The van der Waals surface area contributed by atoms with Crippen LogP contribution in [0.4, 0.5) is 13.2 Å². The molecule has 0 saturated carbocycles. The first-order valence-corrected chi connectivity index (χ1v) is 7.64. The van der Waals surface area contributed by atoms with E-state index >= 15 is 0 Å². The fourth-order valence-electron chi connectivity index (χ4n) is 2.53. The fourth-order valence-corrected chi connectivity index (χ4v) is 2.53. The number of halogens is 3. The third kappa shape index (κ3) is 5.55. The summed E-state index contributed by atoms with van der Waals surface area (Å²) in [5.41, 5.74) is -0.491. The molecule has 0 aliphatic carbocycles. The molecule has 1 saturated heterocycles. The topological polar surface area (TPSA) is 52.6 Å². The highest BCUT2D eigenvalue weighted by Crippen LogP contribution is 2.29. The van der Waals surface area contributed by atoms with Crippen LogP contribution in [0.3, 0.4) is 0 Å². The van der Waals surface area contributed by atoms with Crippen LogP contribution >= 0.6 is 0 Å². The molecular weight excluding hydrogens is 321 g/mol. The van der Waals surface area contributed by atoms with Gasteiger partial charge < -0.3 is 10.4 Å². The minimum Gasteiger partial charge on any atom is -0.396 e. The summed E-state index contributed by atoms with van der Waals surface area (Å²) in [6.07, 6.45) is -3.52. The molecular formula is C17H19F3N2O2. The number of nitrogens with one attached hydrogen (secondary N) is 1. The number of hydrogen-bond donors (Lipinski definition) is 2. The molecule has 0 radical (unpaired) electrons. The number of likely N-dealkylation sites (tertiary alicyclic amines) is 1. The van der Waals surface area contributed by atoms with Gasteiger partial charge in [-0.25, -0.2) is 0 Å². The molecule has 1 aliphatic rings. The lowest BCUT2D eigenvalue weighted by atomic mass is 10.1. The van der Waals surface area contributed by atoms with Gasteiger partial charge in [-0.3, -0.25) is 9.69 Å². The van der Waals surface area contributed by atoms with Crippen LogP contribution in [-0.2, 0) is 11.0 Å². The van der Waals surface area contributed by atoms with Gasteiger partial charge in [-0.05, 0) is 37.1 Å². The van der Waals surface area contributed by atoms with E-state index in [1.54, 1.807) is 0 Å². The highest BCUT2D eigenvalue weighted by Gasteiger charge is 2.30. The Labute approximate surface area is 138 Å². The number of alkyl halides is 3. The molecule has 1 amide bonds. The van der Waals surface area contributed by atoms with Crippen LogP contribution in [0.5, 0.6) is 0 Å². The van der Waals surface area contributed by atoms with Crippen LogP contribution in [0.25, 0.3) is 0 Å². The van der Waals surface area contributed by atoms with Crippen molar-refractivity contribution in [2.75, 3.05) is 32.8 Å². The normalized spacial score (nSPS) is 18.1. The average molecular weight is 340 g/mol. The Morgan fingerprint density at radius 3 is 2.88 bits per heavy atom. The lowest BCUT2D eigenvalue weighted by molar-refractivity contribution is -0.137. The standard InChI is InChI=1S/C17H19F3N2O2/c18-17(19,20)15-5-1-3-13(9-15)4-2-7-21-16(24)11-22-8-6-14(10-22)12-23/h1,3,5,9,14,23H,6-8,10-12H2,(H,21,24). The van der Waals surface area contributed by atoms with Crippen molar-refractivity contribution < 1.29 is 23.1 Å². The van der Waals surface area contributed by atoms with Gasteiger partial charge in [0.1, 0.15) is 0 Å². The van der Waals surface area contributed by atoms with Gasteiger partial charge in [-0.15, -0.1) is 0 Å². The number of aliphatic hydroxyl groups excluding tert-OH is 1. The molecule has 1 aromatic rings. The van der Waals surface area contributed by atoms with Crippen molar-refractivity contribution in [3.63, 3.8) is 0 Å². The van der Waals surface area contributed by atoms with Crippen LogP contribution in [0.2, 0.25) is 0 Å². The summed E-state index contributed by atoms with van der Waals surface area (Å²) < 4.78 is 37.8. The maximum absolute atomic E-state index is 12.6. The van der Waals surface area contributed by atoms with Crippen molar-refractivity contribution in [3.8, 4) is 11.8 Å². The zero-order chi connectivity index (χ0) is 17.6. The zero-order valence-electron chi connectivity index (χ0n) is 13.1. The highest BCUT2D eigenvalue weighted by atomic mass is 19.4. The molecule has 1 heterocycles. The van der Waals surface area contributed by atoms with Crippen LogP contribution < -0.4 is 5.32 Å². The maximum atomic E-state index is 12.6. The predicted octanol–water partition coefficient (Wildman–Crippen LogP) is 1.49. The van der Waals surface area contributed by atoms with E-state index in [1.165, 1.54) is 12.1 Å². The summed E-state index contributed by atoms with van der Waals surface area (Å²) in [7, 11) is 0. The fraction of sp³-hybridized carbons (Fsp3) is 0.471. The van der Waals surface area contributed by atoms with E-state index in [0.717, 1.165) is 25.1 Å². The first-order chi connectivity index (χ1) is 11.4. The molecule has 1 aromatic carbocycles. The Morgan fingerprint density at radius 2 is 2.21 bits per heavy atom. The van der Waals surface area contributed by atoms with Gasteiger partial charge in [0, 0.05) is 18.7 Å². The van der Waals surface area contributed by atoms with E-state index in [1.807, 2.05) is 4.90 Å². The van der Waals surface area contributed by atoms with Crippen molar-refractivity contribution in [2.24, 2.45) is 5.92 Å². The maximum Gasteiger partial charge on any atom is 0.416 e. The Hall–Kier alpha value is -2.04. The van der Waals surface area contributed by atoms with Crippen LogP contribution in [-0.4, -0.2) is 48.7 Å². The number of rotatable bonds is 4. The number of carbonyl (C=O) groups excluding carboxylic acids is 1. The predicted molar refractivity (Wildman–Crippen MR) is 83.0 cm³/mol. The molecule has 1 aliphatic heterocycles. The van der Waals surface area contributed by atoms with Gasteiger partial charge >= 0.3 is 6.18 Å². The summed E-state index contributed by atoms with van der Waals surface area (Å²) in [4.78, 5) is 13.7. The molecule has 0 aromatic heterocycles. The zero-order valence-corrected chi connectivity index (χ0v) is 13.1. The summed E-state index contributed by atoms with van der Waals surface area (Å²) in [6.45, 7) is 1.91. The van der Waals surface area contributed by atoms with E-state index in [4.69, 9.17) is 5.11 Å². The van der Waals surface area contributed by atoms with Crippen molar-refractivity contribution in [1.82, 2.24) is 10.2 Å². The minimum absolute atomic E-state index is 0.0757. The Bertz CT molecular complexity index is 635. The van der Waals surface area contributed by atoms with Gasteiger partial charge in [0.2, 0.25) is 5.91 Å². The first-order valence-electron chi connectivity index (χ1n) is 7.64. The molecule has 0 bridgehead atoms. The Kier molecular flexibility index (Phi) is 6.23. The van der Waals surface area contributed by atoms with E-state index in [0.29, 0.717) is 6.54 Å². The molecule has 1 unspecified atom stereocenters. The smallest absolute Gasteiger partial charge is 0.396 e. The Balaban J connectivity index is 1.78. The summed E-state index contributed by atoms with van der Waals surface area (Å²) >= 11 is 0. The summed E-state index contributed by atoms with van der Waals surface area (Å²) in [6, 6.07) is 4.76. The Morgan fingerprint density at radius 1 is 1.42 bits per heavy atom. The number of nitrogens with zero attached hydrogens (tertiary/aromatic N) is 1. The lowest BCUT2D eigenvalue weighted by Crippen LogP contribution is -2.36. The quantitative estimate of drug-likeness (QED) is 0.817. The van der Waals surface area contributed by atoms with E-state index in [-0.39, 0.29) is 37.1 Å². The molecule has 2 N–H and O–H groups in total. The van der Waals surface area contributed by atoms with Gasteiger partial charge in [0.25, 0.3) is 0 Å².